The third-order valence-electron chi connectivity index (χ3n) is 9.77. The van der Waals surface area contributed by atoms with Gasteiger partial charge < -0.3 is 19.1 Å². The summed E-state index contributed by atoms with van der Waals surface area (Å²) >= 11 is 0.732. The van der Waals surface area contributed by atoms with E-state index in [4.69, 9.17) is 14.2 Å². The Hall–Kier alpha value is -1.48. The molecule has 6 rings (SSSR count). The van der Waals surface area contributed by atoms with E-state index >= 15 is 0 Å². The van der Waals surface area contributed by atoms with Gasteiger partial charge in [-0.2, -0.15) is 0 Å². The van der Waals surface area contributed by atoms with Crippen LogP contribution >= 0.6 is 11.8 Å². The molecule has 0 aromatic carbocycles. The van der Waals surface area contributed by atoms with E-state index in [1.165, 1.54) is 4.90 Å². The Kier molecular flexibility index (Phi) is 4.48. The van der Waals surface area contributed by atoms with Gasteiger partial charge in [-0.15, -0.1) is 0 Å². The molecule has 1 amide bonds. The molecule has 8 heteroatoms. The predicted octanol–water partition coefficient (Wildman–Crippen LogP) is 3.87. The van der Waals surface area contributed by atoms with Crippen LogP contribution < -0.4 is 0 Å². The number of epoxide rings is 1. The first-order valence-corrected chi connectivity index (χ1v) is 13.1. The van der Waals surface area contributed by atoms with Gasteiger partial charge in [0.05, 0.1) is 12.2 Å². The lowest BCUT2D eigenvalue weighted by Crippen LogP contribution is -2.62. The van der Waals surface area contributed by atoms with Crippen LogP contribution in [-0.2, 0) is 23.8 Å². The van der Waals surface area contributed by atoms with Gasteiger partial charge in [0.15, 0.2) is 17.2 Å². The highest BCUT2D eigenvalue weighted by molar-refractivity contribution is 8.26. The lowest BCUT2D eigenvalue weighted by atomic mass is 9.47. The molecule has 0 radical (unpaired) electrons. The van der Waals surface area contributed by atoms with E-state index in [1.54, 1.807) is 26.2 Å². The maximum atomic E-state index is 13.9. The molecule has 0 N–H and O–H groups in total. The topological polar surface area (TPSA) is 85.4 Å². The van der Waals surface area contributed by atoms with Gasteiger partial charge in [-0.25, -0.2) is 0 Å². The average Bonchev–Trinajstić information content (AvgIpc) is 3.31. The third kappa shape index (κ3) is 2.53. The second-order valence-corrected chi connectivity index (χ2v) is 12.9. The fraction of sp³-hybridized carbons (Fsp3) is 0.731. The number of hydrogen-bond acceptors (Lipinski definition) is 7. The van der Waals surface area contributed by atoms with Crippen LogP contribution in [0.3, 0.4) is 0 Å². The van der Waals surface area contributed by atoms with Crippen molar-refractivity contribution in [1.29, 1.82) is 0 Å². The van der Waals surface area contributed by atoms with Gasteiger partial charge >= 0.3 is 0 Å². The van der Waals surface area contributed by atoms with Crippen molar-refractivity contribution in [1.82, 2.24) is 4.90 Å². The summed E-state index contributed by atoms with van der Waals surface area (Å²) < 4.78 is 19.6. The SMILES string of the molecule is CN(C)C(=O)SC(=O)[C@@]12OC(C)(C)O[C@@H]1CC1C3CCC4=CC(=O)C=CC4(C)[C@@]34O[C@H]4CC12C. The van der Waals surface area contributed by atoms with E-state index in [9.17, 15) is 14.4 Å². The number of rotatable bonds is 1. The number of fused-ring (bicyclic) bond motifs is 5. The maximum Gasteiger partial charge on any atom is 0.288 e. The molecular formula is C26H33NO6S. The highest BCUT2D eigenvalue weighted by Crippen LogP contribution is 2.77. The van der Waals surface area contributed by atoms with Crippen LogP contribution in [0.25, 0.3) is 0 Å². The van der Waals surface area contributed by atoms with Crippen molar-refractivity contribution in [3.8, 4) is 0 Å². The zero-order valence-corrected chi connectivity index (χ0v) is 21.5. The molecule has 7 nitrogen and oxygen atoms in total. The second kappa shape index (κ2) is 6.64. The summed E-state index contributed by atoms with van der Waals surface area (Å²) in [5.41, 5.74) is -1.24. The van der Waals surface area contributed by atoms with E-state index in [-0.39, 0.29) is 45.1 Å². The summed E-state index contributed by atoms with van der Waals surface area (Å²) in [7, 11) is 3.30. The number of carbonyl (C=O) groups is 3. The molecule has 184 valence electrons. The monoisotopic (exact) mass is 487 g/mol. The fourth-order valence-corrected chi connectivity index (χ4v) is 9.24. The summed E-state index contributed by atoms with van der Waals surface area (Å²) in [5, 5.41) is -0.561. The lowest BCUT2D eigenvalue weighted by Gasteiger charge is -2.55. The van der Waals surface area contributed by atoms with E-state index < -0.39 is 22.9 Å². The molecule has 0 bridgehead atoms. The Morgan fingerprint density at radius 1 is 1.09 bits per heavy atom. The summed E-state index contributed by atoms with van der Waals surface area (Å²) in [4.78, 5) is 40.0. The minimum Gasteiger partial charge on any atom is -0.364 e. The van der Waals surface area contributed by atoms with Gasteiger partial charge in [-0.3, -0.25) is 14.4 Å². The van der Waals surface area contributed by atoms with E-state index in [0.29, 0.717) is 12.8 Å². The number of nitrogens with zero attached hydrogens (tertiary/aromatic N) is 1. The minimum absolute atomic E-state index is 0.0319. The van der Waals surface area contributed by atoms with Crippen LogP contribution in [0, 0.1) is 22.7 Å². The largest absolute Gasteiger partial charge is 0.364 e. The smallest absolute Gasteiger partial charge is 0.288 e. The minimum atomic E-state index is -1.20. The van der Waals surface area contributed by atoms with Crippen LogP contribution in [0.2, 0.25) is 0 Å². The van der Waals surface area contributed by atoms with Crippen molar-refractivity contribution >= 4 is 27.9 Å². The van der Waals surface area contributed by atoms with Gasteiger partial charge in [0.1, 0.15) is 5.60 Å². The Labute approximate surface area is 204 Å². The zero-order chi connectivity index (χ0) is 24.5. The highest BCUT2D eigenvalue weighted by Gasteiger charge is 2.84. The first kappa shape index (κ1) is 23.0. The van der Waals surface area contributed by atoms with Crippen LogP contribution in [0.15, 0.2) is 23.8 Å². The molecule has 4 unspecified atom stereocenters. The summed E-state index contributed by atoms with van der Waals surface area (Å²) in [5.74, 6) is -0.491. The lowest BCUT2D eigenvalue weighted by molar-refractivity contribution is -0.206. The molecular weight excluding hydrogens is 454 g/mol. The number of allylic oxidation sites excluding steroid dienone is 2. The van der Waals surface area contributed by atoms with Crippen molar-refractivity contribution in [3.05, 3.63) is 23.8 Å². The summed E-state index contributed by atoms with van der Waals surface area (Å²) in [6, 6.07) is 0. The molecule has 3 saturated carbocycles. The van der Waals surface area contributed by atoms with Crippen LogP contribution in [0.4, 0.5) is 4.79 Å². The molecule has 5 fully saturated rings. The first-order valence-electron chi connectivity index (χ1n) is 12.2. The number of ketones is 1. The summed E-state index contributed by atoms with van der Waals surface area (Å²) in [6.45, 7) is 8.05. The van der Waals surface area contributed by atoms with Crippen molar-refractivity contribution in [3.63, 3.8) is 0 Å². The van der Waals surface area contributed by atoms with Gasteiger partial charge in [0, 0.05) is 36.7 Å². The average molecular weight is 488 g/mol. The molecule has 2 saturated heterocycles. The van der Waals surface area contributed by atoms with Crippen molar-refractivity contribution in [2.45, 2.75) is 82.6 Å². The van der Waals surface area contributed by atoms with Crippen molar-refractivity contribution in [2.24, 2.45) is 22.7 Å². The summed E-state index contributed by atoms with van der Waals surface area (Å²) in [6.07, 6.45) is 8.20. The quantitative estimate of drug-likeness (QED) is 0.519. The second-order valence-electron chi connectivity index (χ2n) is 12.0. The number of thioether (sulfide) groups is 1. The van der Waals surface area contributed by atoms with Gasteiger partial charge in [0.25, 0.3) is 5.24 Å². The third-order valence-corrected chi connectivity index (χ3v) is 10.8. The molecule has 0 aromatic heterocycles. The van der Waals surface area contributed by atoms with Gasteiger partial charge in [-0.1, -0.05) is 18.6 Å². The van der Waals surface area contributed by atoms with Crippen molar-refractivity contribution in [2.75, 3.05) is 14.1 Å². The van der Waals surface area contributed by atoms with Crippen molar-refractivity contribution < 1.29 is 28.6 Å². The van der Waals surface area contributed by atoms with E-state index in [1.807, 2.05) is 13.8 Å². The number of ether oxygens (including phenoxy) is 3. The molecule has 4 aliphatic carbocycles. The first-order chi connectivity index (χ1) is 15.8. The molecule has 2 aliphatic heterocycles. The van der Waals surface area contributed by atoms with Crippen LogP contribution in [0.5, 0.6) is 0 Å². The van der Waals surface area contributed by atoms with E-state index in [0.717, 1.165) is 30.2 Å². The number of amides is 1. The Morgan fingerprint density at radius 2 is 1.82 bits per heavy atom. The molecule has 8 atom stereocenters. The van der Waals surface area contributed by atoms with Crippen LogP contribution in [-0.4, -0.2) is 64.3 Å². The molecule has 6 aliphatic rings. The Balaban J connectivity index is 1.42. The van der Waals surface area contributed by atoms with E-state index in [2.05, 4.69) is 19.9 Å². The molecule has 34 heavy (non-hydrogen) atoms. The Morgan fingerprint density at radius 3 is 2.53 bits per heavy atom. The normalized spacial score (nSPS) is 49.2. The Bertz CT molecular complexity index is 1080. The highest BCUT2D eigenvalue weighted by atomic mass is 32.2. The zero-order valence-electron chi connectivity index (χ0n) is 20.7. The molecule has 1 spiro atoms. The standard InChI is InChI=1S/C26H33NO6S/c1-22(2)31-18-12-17-16-8-7-14-11-15(28)9-10-23(14,3)25(16)19(32-25)13-24(17,4)26(18,33-22)20(29)34-21(30)27(5)6/h9-11,16-19H,7-8,12-13H2,1-6H3/t16?,17?,18-,19+,23?,24?,25-,26+/m1/s1. The number of hydrogen-bond donors (Lipinski definition) is 0. The molecule has 2 heterocycles. The number of carbonyl (C=O) groups excluding carboxylic acids is 3. The van der Waals surface area contributed by atoms with Crippen LogP contribution in [0.1, 0.15) is 53.4 Å². The predicted molar refractivity (Wildman–Crippen MR) is 126 cm³/mol. The maximum absolute atomic E-state index is 13.9. The molecule has 0 aromatic rings. The fourth-order valence-electron chi connectivity index (χ4n) is 8.34. The van der Waals surface area contributed by atoms with Gasteiger partial charge in [-0.05, 0) is 70.4 Å². The van der Waals surface area contributed by atoms with Gasteiger partial charge in [0.2, 0.25) is 5.12 Å².